The van der Waals surface area contributed by atoms with Gasteiger partial charge in [0.25, 0.3) is 10.0 Å². The number of nitrogens with zero attached hydrogens (tertiary/aromatic N) is 4. The largest absolute Gasteiger partial charge is 0.326 e. The van der Waals surface area contributed by atoms with E-state index >= 15 is 0 Å². The zero-order valence-corrected chi connectivity index (χ0v) is 14.3. The van der Waals surface area contributed by atoms with Crippen molar-refractivity contribution in [1.82, 2.24) is 20.2 Å². The van der Waals surface area contributed by atoms with Crippen LogP contribution in [0.1, 0.15) is 12.0 Å². The molecular formula is C16H14N6O3S. The second kappa shape index (κ2) is 6.23. The third kappa shape index (κ3) is 3.14. The van der Waals surface area contributed by atoms with Gasteiger partial charge in [0.1, 0.15) is 6.33 Å². The first kappa shape index (κ1) is 16.2. The fourth-order valence-corrected chi connectivity index (χ4v) is 3.81. The standard InChI is InChI=1S/C16H14N6O3S/c23-16-8-1-11-9-14(6-7-15(11)18-16)26(24,25)19-12-2-4-13(5-3-12)22-10-17-20-21-22/h2-7,9-10,19H,1,8H2,(H,18,23). The number of carbonyl (C=O) groups excluding carboxylic acids is 1. The van der Waals surface area contributed by atoms with Crippen LogP contribution in [0.25, 0.3) is 5.69 Å². The second-order valence-corrected chi connectivity index (χ2v) is 7.46. The maximum Gasteiger partial charge on any atom is 0.261 e. The molecule has 0 saturated heterocycles. The van der Waals surface area contributed by atoms with Crippen LogP contribution >= 0.6 is 0 Å². The first-order valence-corrected chi connectivity index (χ1v) is 9.29. The Morgan fingerprint density at radius 1 is 1.08 bits per heavy atom. The van der Waals surface area contributed by atoms with Gasteiger partial charge in [0.15, 0.2) is 0 Å². The molecule has 1 aliphatic rings. The van der Waals surface area contributed by atoms with Crippen molar-refractivity contribution >= 4 is 27.3 Å². The molecule has 0 fully saturated rings. The number of amides is 1. The van der Waals surface area contributed by atoms with Crippen LogP contribution in [0.2, 0.25) is 0 Å². The fraction of sp³-hybridized carbons (Fsp3) is 0.125. The van der Waals surface area contributed by atoms with Crippen LogP contribution in [-0.2, 0) is 21.2 Å². The maximum absolute atomic E-state index is 12.6. The minimum Gasteiger partial charge on any atom is -0.326 e. The quantitative estimate of drug-likeness (QED) is 0.715. The Balaban J connectivity index is 1.56. The Hall–Kier alpha value is -3.27. The predicted molar refractivity (Wildman–Crippen MR) is 93.4 cm³/mol. The first-order chi connectivity index (χ1) is 12.5. The van der Waals surface area contributed by atoms with Crippen LogP contribution in [0.5, 0.6) is 0 Å². The number of rotatable bonds is 4. The summed E-state index contributed by atoms with van der Waals surface area (Å²) in [6.45, 7) is 0. The van der Waals surface area contributed by atoms with E-state index in [1.165, 1.54) is 17.1 Å². The zero-order chi connectivity index (χ0) is 18.1. The number of fused-ring (bicyclic) bond motifs is 1. The van der Waals surface area contributed by atoms with Gasteiger partial charge >= 0.3 is 0 Å². The normalized spacial score (nSPS) is 13.8. The van der Waals surface area contributed by atoms with Crippen molar-refractivity contribution < 1.29 is 13.2 Å². The van der Waals surface area contributed by atoms with E-state index in [4.69, 9.17) is 0 Å². The number of hydrogen-bond acceptors (Lipinski definition) is 6. The molecular weight excluding hydrogens is 356 g/mol. The number of aromatic nitrogens is 4. The van der Waals surface area contributed by atoms with Gasteiger partial charge in [-0.05, 0) is 64.9 Å². The van der Waals surface area contributed by atoms with Gasteiger partial charge in [-0.15, -0.1) is 5.10 Å². The first-order valence-electron chi connectivity index (χ1n) is 7.80. The summed E-state index contributed by atoms with van der Waals surface area (Å²) >= 11 is 0. The summed E-state index contributed by atoms with van der Waals surface area (Å²) in [5.74, 6) is -0.0612. The average molecular weight is 370 g/mol. The minimum atomic E-state index is -3.74. The number of tetrazole rings is 1. The summed E-state index contributed by atoms with van der Waals surface area (Å²) in [5.41, 5.74) is 2.60. The third-order valence-corrected chi connectivity index (χ3v) is 5.39. The Bertz CT molecular complexity index is 1060. The molecule has 0 unspecified atom stereocenters. The number of aryl methyl sites for hydroxylation is 1. The van der Waals surface area contributed by atoms with Gasteiger partial charge in [0, 0.05) is 17.8 Å². The summed E-state index contributed by atoms with van der Waals surface area (Å²) in [7, 11) is -3.74. The summed E-state index contributed by atoms with van der Waals surface area (Å²) in [6, 6.07) is 11.4. The third-order valence-electron chi connectivity index (χ3n) is 4.02. The van der Waals surface area contributed by atoms with E-state index < -0.39 is 10.0 Å². The lowest BCUT2D eigenvalue weighted by Crippen LogP contribution is -2.20. The Morgan fingerprint density at radius 3 is 2.62 bits per heavy atom. The molecule has 1 amide bonds. The molecule has 2 heterocycles. The second-order valence-electron chi connectivity index (χ2n) is 5.77. The molecule has 0 spiro atoms. The highest BCUT2D eigenvalue weighted by Crippen LogP contribution is 2.26. The van der Waals surface area contributed by atoms with Crippen LogP contribution in [-0.4, -0.2) is 34.5 Å². The highest BCUT2D eigenvalue weighted by atomic mass is 32.2. The lowest BCUT2D eigenvalue weighted by atomic mass is 10.0. The molecule has 2 aromatic carbocycles. The number of carbonyl (C=O) groups is 1. The SMILES string of the molecule is O=C1CCc2cc(S(=O)(=O)Nc3ccc(-n4cnnn4)cc3)ccc2N1. The molecule has 3 aromatic rings. The number of hydrogen-bond donors (Lipinski definition) is 2. The van der Waals surface area contributed by atoms with Crippen molar-refractivity contribution in [2.75, 3.05) is 10.0 Å². The van der Waals surface area contributed by atoms with Crippen molar-refractivity contribution in [2.24, 2.45) is 0 Å². The van der Waals surface area contributed by atoms with Gasteiger partial charge in [0.05, 0.1) is 10.6 Å². The predicted octanol–water partition coefficient (Wildman–Crippen LogP) is 1.35. The van der Waals surface area contributed by atoms with Gasteiger partial charge in [0.2, 0.25) is 5.91 Å². The van der Waals surface area contributed by atoms with E-state index in [1.54, 1.807) is 36.4 Å². The average Bonchev–Trinajstić information content (AvgIpc) is 3.16. The molecule has 9 nitrogen and oxygen atoms in total. The molecule has 0 bridgehead atoms. The van der Waals surface area contributed by atoms with Crippen LogP contribution in [0.4, 0.5) is 11.4 Å². The molecule has 2 N–H and O–H groups in total. The smallest absolute Gasteiger partial charge is 0.261 e. The lowest BCUT2D eigenvalue weighted by molar-refractivity contribution is -0.116. The highest BCUT2D eigenvalue weighted by Gasteiger charge is 2.20. The van der Waals surface area contributed by atoms with Gasteiger partial charge in [-0.3, -0.25) is 9.52 Å². The van der Waals surface area contributed by atoms with E-state index in [-0.39, 0.29) is 10.8 Å². The Kier molecular flexibility index (Phi) is 3.88. The number of benzene rings is 2. The van der Waals surface area contributed by atoms with Gasteiger partial charge in [-0.1, -0.05) is 0 Å². The van der Waals surface area contributed by atoms with E-state index in [0.717, 1.165) is 5.56 Å². The van der Waals surface area contributed by atoms with Crippen molar-refractivity contribution in [2.45, 2.75) is 17.7 Å². The molecule has 0 aliphatic carbocycles. The summed E-state index contributed by atoms with van der Waals surface area (Å²) in [5, 5.41) is 13.6. The molecule has 1 aromatic heterocycles. The molecule has 0 atom stereocenters. The van der Waals surface area contributed by atoms with Crippen molar-refractivity contribution in [3.8, 4) is 5.69 Å². The van der Waals surface area contributed by atoms with E-state index in [2.05, 4.69) is 25.6 Å². The lowest BCUT2D eigenvalue weighted by Gasteiger charge is -2.18. The molecule has 132 valence electrons. The van der Waals surface area contributed by atoms with Crippen molar-refractivity contribution in [3.05, 3.63) is 54.4 Å². The minimum absolute atomic E-state index is 0.0612. The molecule has 1 aliphatic heterocycles. The number of anilines is 2. The molecule has 0 saturated carbocycles. The van der Waals surface area contributed by atoms with Crippen LogP contribution in [0.3, 0.4) is 0 Å². The van der Waals surface area contributed by atoms with Crippen LogP contribution in [0, 0.1) is 0 Å². The monoisotopic (exact) mass is 370 g/mol. The van der Waals surface area contributed by atoms with E-state index in [9.17, 15) is 13.2 Å². The maximum atomic E-state index is 12.6. The van der Waals surface area contributed by atoms with Crippen LogP contribution < -0.4 is 10.0 Å². The topological polar surface area (TPSA) is 119 Å². The van der Waals surface area contributed by atoms with Gasteiger partial charge in [-0.25, -0.2) is 13.1 Å². The zero-order valence-electron chi connectivity index (χ0n) is 13.5. The molecule has 10 heteroatoms. The molecule has 4 rings (SSSR count). The van der Waals surface area contributed by atoms with E-state index in [1.807, 2.05) is 0 Å². The summed E-state index contributed by atoms with van der Waals surface area (Å²) < 4.78 is 29.3. The fourth-order valence-electron chi connectivity index (χ4n) is 2.70. The Morgan fingerprint density at radius 2 is 1.88 bits per heavy atom. The number of nitrogens with one attached hydrogen (secondary N) is 2. The van der Waals surface area contributed by atoms with Gasteiger partial charge < -0.3 is 5.32 Å². The van der Waals surface area contributed by atoms with Crippen molar-refractivity contribution in [1.29, 1.82) is 0 Å². The van der Waals surface area contributed by atoms with E-state index in [0.29, 0.717) is 29.9 Å². The molecule has 0 radical (unpaired) electrons. The van der Waals surface area contributed by atoms with Crippen LogP contribution in [0.15, 0.2) is 53.7 Å². The summed E-state index contributed by atoms with van der Waals surface area (Å²) in [6.07, 6.45) is 2.32. The number of sulfonamides is 1. The van der Waals surface area contributed by atoms with Gasteiger partial charge in [-0.2, -0.15) is 0 Å². The summed E-state index contributed by atoms with van der Waals surface area (Å²) in [4.78, 5) is 11.6. The Labute approximate surface area is 149 Å². The molecule has 26 heavy (non-hydrogen) atoms. The van der Waals surface area contributed by atoms with Crippen molar-refractivity contribution in [3.63, 3.8) is 0 Å². The highest BCUT2D eigenvalue weighted by molar-refractivity contribution is 7.92.